The highest BCUT2D eigenvalue weighted by atomic mass is 35.5. The molecule has 2 aromatic carbocycles. The Morgan fingerprint density at radius 1 is 1.00 bits per heavy atom. The lowest BCUT2D eigenvalue weighted by molar-refractivity contribution is 0.469. The molecular weight excluding hydrogens is 232 g/mol. The number of hydrogen-bond donors (Lipinski definition) is 1. The highest BCUT2D eigenvalue weighted by molar-refractivity contribution is 6.30. The van der Waals surface area contributed by atoms with E-state index in [1.807, 2.05) is 6.07 Å². The first-order valence-corrected chi connectivity index (χ1v) is 6.12. The summed E-state index contributed by atoms with van der Waals surface area (Å²) in [6.07, 6.45) is 1.75. The molecule has 1 nitrogen and oxygen atoms in total. The van der Waals surface area contributed by atoms with E-state index in [-0.39, 0.29) is 0 Å². The maximum absolute atomic E-state index is 9.74. The quantitative estimate of drug-likeness (QED) is 0.861. The molecule has 0 aliphatic heterocycles. The van der Waals surface area contributed by atoms with Crippen LogP contribution in [0.5, 0.6) is 5.75 Å². The summed E-state index contributed by atoms with van der Waals surface area (Å²) >= 11 is 5.92. The molecule has 0 saturated heterocycles. The number of aromatic hydroxyl groups is 1. The third kappa shape index (κ3) is 3.01. The van der Waals surface area contributed by atoms with Gasteiger partial charge < -0.3 is 5.11 Å². The predicted octanol–water partition coefficient (Wildman–Crippen LogP) is 4.20. The van der Waals surface area contributed by atoms with E-state index < -0.39 is 0 Å². The van der Waals surface area contributed by atoms with Gasteiger partial charge in [0.15, 0.2) is 0 Å². The first kappa shape index (κ1) is 12.0. The second-order valence-corrected chi connectivity index (χ2v) is 4.56. The fourth-order valence-corrected chi connectivity index (χ4v) is 2.00. The standard InChI is InChI=1S/C15H15ClO/c1-2-11-3-5-12(6-4-11)9-13-10-14(16)7-8-15(13)17/h3-8,10,17H,2,9H2,1H3. The molecule has 0 aromatic heterocycles. The number of benzene rings is 2. The van der Waals surface area contributed by atoms with Crippen LogP contribution in [0.1, 0.15) is 23.6 Å². The second-order valence-electron chi connectivity index (χ2n) is 4.12. The molecule has 1 N–H and O–H groups in total. The second kappa shape index (κ2) is 5.24. The maximum Gasteiger partial charge on any atom is 0.119 e. The molecule has 2 rings (SSSR count). The van der Waals surface area contributed by atoms with Crippen molar-refractivity contribution >= 4 is 11.6 Å². The Morgan fingerprint density at radius 2 is 1.65 bits per heavy atom. The smallest absolute Gasteiger partial charge is 0.119 e. The summed E-state index contributed by atoms with van der Waals surface area (Å²) in [5.74, 6) is 0.300. The van der Waals surface area contributed by atoms with E-state index in [4.69, 9.17) is 11.6 Å². The van der Waals surface area contributed by atoms with Crippen molar-refractivity contribution in [2.24, 2.45) is 0 Å². The van der Waals surface area contributed by atoms with Gasteiger partial charge in [0.05, 0.1) is 0 Å². The van der Waals surface area contributed by atoms with Crippen LogP contribution in [0.25, 0.3) is 0 Å². The van der Waals surface area contributed by atoms with Gasteiger partial charge in [-0.1, -0.05) is 42.8 Å². The first-order chi connectivity index (χ1) is 8.19. The van der Waals surface area contributed by atoms with E-state index in [2.05, 4.69) is 31.2 Å². The van der Waals surface area contributed by atoms with Gasteiger partial charge in [0.25, 0.3) is 0 Å². The number of phenols is 1. The Kier molecular flexibility index (Phi) is 3.70. The van der Waals surface area contributed by atoms with Gasteiger partial charge in [-0.2, -0.15) is 0 Å². The zero-order chi connectivity index (χ0) is 12.3. The van der Waals surface area contributed by atoms with Crippen molar-refractivity contribution < 1.29 is 5.11 Å². The Balaban J connectivity index is 2.22. The lowest BCUT2D eigenvalue weighted by atomic mass is 10.0. The molecule has 0 radical (unpaired) electrons. The van der Waals surface area contributed by atoms with E-state index in [0.29, 0.717) is 17.2 Å². The van der Waals surface area contributed by atoms with Crippen molar-refractivity contribution in [3.63, 3.8) is 0 Å². The summed E-state index contributed by atoms with van der Waals surface area (Å²) in [6, 6.07) is 13.6. The summed E-state index contributed by atoms with van der Waals surface area (Å²) in [4.78, 5) is 0. The average molecular weight is 247 g/mol. The molecule has 0 saturated carbocycles. The molecule has 0 atom stereocenters. The molecule has 2 heteroatoms. The number of hydrogen-bond acceptors (Lipinski definition) is 1. The minimum absolute atomic E-state index is 0.300. The Labute approximate surface area is 107 Å². The van der Waals surface area contributed by atoms with E-state index in [0.717, 1.165) is 12.0 Å². The molecular formula is C15H15ClO. The molecule has 0 fully saturated rings. The molecule has 0 heterocycles. The summed E-state index contributed by atoms with van der Waals surface area (Å²) in [5, 5.41) is 10.4. The van der Waals surface area contributed by atoms with Crippen LogP contribution in [0.4, 0.5) is 0 Å². The molecule has 0 aliphatic carbocycles. The van der Waals surface area contributed by atoms with Crippen molar-refractivity contribution in [3.8, 4) is 5.75 Å². The van der Waals surface area contributed by atoms with Gasteiger partial charge in [-0.25, -0.2) is 0 Å². The monoisotopic (exact) mass is 246 g/mol. The van der Waals surface area contributed by atoms with Crippen molar-refractivity contribution in [3.05, 3.63) is 64.2 Å². The van der Waals surface area contributed by atoms with Gasteiger partial charge in [0.2, 0.25) is 0 Å². The van der Waals surface area contributed by atoms with Crippen LogP contribution in [0.3, 0.4) is 0 Å². The van der Waals surface area contributed by atoms with Crippen molar-refractivity contribution in [1.82, 2.24) is 0 Å². The van der Waals surface area contributed by atoms with E-state index >= 15 is 0 Å². The fraction of sp³-hybridized carbons (Fsp3) is 0.200. The van der Waals surface area contributed by atoms with Gasteiger partial charge in [-0.15, -0.1) is 0 Å². The lowest BCUT2D eigenvalue weighted by Gasteiger charge is -2.06. The summed E-state index contributed by atoms with van der Waals surface area (Å²) in [6.45, 7) is 2.14. The zero-order valence-electron chi connectivity index (χ0n) is 9.78. The number of phenolic OH excluding ortho intramolecular Hbond substituents is 1. The van der Waals surface area contributed by atoms with Crippen LogP contribution in [-0.2, 0) is 12.8 Å². The summed E-state index contributed by atoms with van der Waals surface area (Å²) in [5.41, 5.74) is 3.37. The Bertz CT molecular complexity index is 503. The van der Waals surface area contributed by atoms with Crippen LogP contribution >= 0.6 is 11.6 Å². The molecule has 0 amide bonds. The molecule has 0 aliphatic rings. The van der Waals surface area contributed by atoms with E-state index in [1.165, 1.54) is 11.1 Å². The number of rotatable bonds is 3. The van der Waals surface area contributed by atoms with Gasteiger partial charge in [-0.05, 0) is 41.3 Å². The topological polar surface area (TPSA) is 20.2 Å². The van der Waals surface area contributed by atoms with Crippen LogP contribution in [0.15, 0.2) is 42.5 Å². The highest BCUT2D eigenvalue weighted by Gasteiger charge is 2.03. The lowest BCUT2D eigenvalue weighted by Crippen LogP contribution is -1.90. The van der Waals surface area contributed by atoms with E-state index in [9.17, 15) is 5.11 Å². The minimum Gasteiger partial charge on any atom is -0.508 e. The van der Waals surface area contributed by atoms with Gasteiger partial charge >= 0.3 is 0 Å². The zero-order valence-corrected chi connectivity index (χ0v) is 10.5. The SMILES string of the molecule is CCc1ccc(Cc2cc(Cl)ccc2O)cc1. The van der Waals surface area contributed by atoms with Crippen LogP contribution in [0, 0.1) is 0 Å². The van der Waals surface area contributed by atoms with Crippen LogP contribution < -0.4 is 0 Å². The molecule has 88 valence electrons. The van der Waals surface area contributed by atoms with E-state index in [1.54, 1.807) is 12.1 Å². The van der Waals surface area contributed by atoms with Gasteiger partial charge in [0.1, 0.15) is 5.75 Å². The molecule has 2 aromatic rings. The van der Waals surface area contributed by atoms with Crippen LogP contribution in [0.2, 0.25) is 5.02 Å². The highest BCUT2D eigenvalue weighted by Crippen LogP contribution is 2.24. The number of aryl methyl sites for hydroxylation is 1. The summed E-state index contributed by atoms with van der Waals surface area (Å²) in [7, 11) is 0. The molecule has 17 heavy (non-hydrogen) atoms. The molecule has 0 spiro atoms. The third-order valence-electron chi connectivity index (χ3n) is 2.87. The normalized spacial score (nSPS) is 10.5. The average Bonchev–Trinajstić information content (AvgIpc) is 2.35. The summed E-state index contributed by atoms with van der Waals surface area (Å²) < 4.78 is 0. The predicted molar refractivity (Wildman–Crippen MR) is 71.7 cm³/mol. The largest absolute Gasteiger partial charge is 0.508 e. The van der Waals surface area contributed by atoms with Gasteiger partial charge in [0, 0.05) is 11.4 Å². The minimum atomic E-state index is 0.300. The molecule has 0 bridgehead atoms. The van der Waals surface area contributed by atoms with Gasteiger partial charge in [-0.3, -0.25) is 0 Å². The maximum atomic E-state index is 9.74. The third-order valence-corrected chi connectivity index (χ3v) is 3.10. The molecule has 0 unspecified atom stereocenters. The first-order valence-electron chi connectivity index (χ1n) is 5.74. The Morgan fingerprint density at radius 3 is 2.29 bits per heavy atom. The van der Waals surface area contributed by atoms with Crippen molar-refractivity contribution in [2.45, 2.75) is 19.8 Å². The fourth-order valence-electron chi connectivity index (χ4n) is 1.81. The van der Waals surface area contributed by atoms with Crippen molar-refractivity contribution in [2.75, 3.05) is 0 Å². The van der Waals surface area contributed by atoms with Crippen molar-refractivity contribution in [1.29, 1.82) is 0 Å². The Hall–Kier alpha value is -1.47. The number of halogens is 1. The van der Waals surface area contributed by atoms with Crippen LogP contribution in [-0.4, -0.2) is 5.11 Å².